The van der Waals surface area contributed by atoms with Crippen LogP contribution in [0, 0.1) is 27.7 Å². The van der Waals surface area contributed by atoms with Crippen molar-refractivity contribution in [2.24, 2.45) is 0 Å². The number of hydrogen-bond acceptors (Lipinski definition) is 5. The average Bonchev–Trinajstić information content (AvgIpc) is 3.38. The molecule has 188 valence electrons. The molecule has 1 unspecified atom stereocenters. The Balaban J connectivity index is 1.73. The number of H-pyrrole nitrogens is 1. The van der Waals surface area contributed by atoms with E-state index in [0.29, 0.717) is 16.6 Å². The number of aromatic nitrogens is 2. The van der Waals surface area contributed by atoms with E-state index in [9.17, 15) is 14.7 Å². The van der Waals surface area contributed by atoms with Crippen molar-refractivity contribution in [3.8, 4) is 0 Å². The van der Waals surface area contributed by atoms with Crippen molar-refractivity contribution in [2.75, 3.05) is 23.9 Å². The summed E-state index contributed by atoms with van der Waals surface area (Å²) in [6, 6.07) is 16.2. The molecule has 1 atom stereocenters. The maximum Gasteiger partial charge on any atom is 0.302 e. The fraction of sp³-hybridized carbons (Fsp3) is 0.233. The van der Waals surface area contributed by atoms with Gasteiger partial charge in [0.25, 0.3) is 5.78 Å². The van der Waals surface area contributed by atoms with Gasteiger partial charge in [-0.25, -0.2) is 4.98 Å². The van der Waals surface area contributed by atoms with Gasteiger partial charge >= 0.3 is 5.91 Å². The molecule has 0 aliphatic carbocycles. The molecule has 1 aromatic heterocycles. The van der Waals surface area contributed by atoms with Gasteiger partial charge in [-0.3, -0.25) is 14.5 Å². The molecule has 1 aliphatic heterocycles. The van der Waals surface area contributed by atoms with Gasteiger partial charge < -0.3 is 15.0 Å². The molecule has 1 amide bonds. The predicted octanol–water partition coefficient (Wildman–Crippen LogP) is 5.49. The van der Waals surface area contributed by atoms with Crippen LogP contribution in [0.2, 0.25) is 0 Å². The molecule has 5 rings (SSSR count). The van der Waals surface area contributed by atoms with Gasteiger partial charge in [-0.15, -0.1) is 0 Å². The molecule has 1 saturated heterocycles. The van der Waals surface area contributed by atoms with Gasteiger partial charge in [0, 0.05) is 25.3 Å². The molecule has 0 bridgehead atoms. The number of Topliss-reactive ketones (excluding diaryl/α,β-unsaturated/α-hetero) is 1. The summed E-state index contributed by atoms with van der Waals surface area (Å²) in [5.74, 6) is -1.42. The standard InChI is InChI=1S/C30H30N4O3/c1-16-7-8-21(13-17(16)2)27(35)25-26(20-9-11-22(12-10-20)33(5)6)34(29(37)28(25)36)30-31-23-14-18(3)19(4)15-24(23)32-30/h7-15,26,35H,1-6H3,(H,31,32)/b27-25+. The van der Waals surface area contributed by atoms with Crippen LogP contribution in [0.1, 0.15) is 39.4 Å². The van der Waals surface area contributed by atoms with Crippen LogP contribution in [-0.2, 0) is 9.59 Å². The summed E-state index contributed by atoms with van der Waals surface area (Å²) in [6.07, 6.45) is 0. The molecule has 37 heavy (non-hydrogen) atoms. The van der Waals surface area contributed by atoms with E-state index in [4.69, 9.17) is 0 Å². The average molecular weight is 495 g/mol. The SMILES string of the molecule is Cc1ccc(/C(O)=C2\C(=O)C(=O)N(c3nc4cc(C)c(C)cc4[nH]3)C2c2ccc(N(C)C)cc2)cc1C. The number of benzene rings is 3. The zero-order chi connectivity index (χ0) is 26.6. The number of carbonyl (C=O) groups is 2. The third-order valence-corrected chi connectivity index (χ3v) is 7.26. The van der Waals surface area contributed by atoms with Crippen LogP contribution in [0.3, 0.4) is 0 Å². The van der Waals surface area contributed by atoms with Crippen LogP contribution in [0.15, 0.2) is 60.2 Å². The number of aliphatic hydroxyl groups excluding tert-OH is 1. The van der Waals surface area contributed by atoms with E-state index in [2.05, 4.69) is 9.97 Å². The number of nitrogens with zero attached hydrogens (tertiary/aromatic N) is 3. The number of aromatic amines is 1. The lowest BCUT2D eigenvalue weighted by Crippen LogP contribution is -2.30. The van der Waals surface area contributed by atoms with Gasteiger partial charge in [0.15, 0.2) is 0 Å². The van der Waals surface area contributed by atoms with Crippen LogP contribution in [0.25, 0.3) is 16.8 Å². The van der Waals surface area contributed by atoms with Crippen molar-refractivity contribution in [2.45, 2.75) is 33.7 Å². The molecule has 2 heterocycles. The minimum Gasteiger partial charge on any atom is -0.507 e. The molecule has 1 fully saturated rings. The number of hydrogen-bond donors (Lipinski definition) is 2. The summed E-state index contributed by atoms with van der Waals surface area (Å²) in [7, 11) is 3.89. The number of aliphatic hydroxyl groups is 1. The Hall–Kier alpha value is -4.39. The van der Waals surface area contributed by atoms with Gasteiger partial charge in [0.05, 0.1) is 22.6 Å². The summed E-state index contributed by atoms with van der Waals surface area (Å²) in [5, 5.41) is 11.4. The first-order valence-corrected chi connectivity index (χ1v) is 12.2. The predicted molar refractivity (Wildman–Crippen MR) is 147 cm³/mol. The Kier molecular flexibility index (Phi) is 5.86. The van der Waals surface area contributed by atoms with E-state index in [0.717, 1.165) is 33.5 Å². The minimum absolute atomic E-state index is 0.0404. The third-order valence-electron chi connectivity index (χ3n) is 7.26. The molecule has 2 N–H and O–H groups in total. The minimum atomic E-state index is -0.847. The summed E-state index contributed by atoms with van der Waals surface area (Å²) < 4.78 is 0. The lowest BCUT2D eigenvalue weighted by atomic mass is 9.94. The zero-order valence-corrected chi connectivity index (χ0v) is 21.9. The number of ketones is 1. The summed E-state index contributed by atoms with van der Waals surface area (Å²) >= 11 is 0. The summed E-state index contributed by atoms with van der Waals surface area (Å²) in [5.41, 5.74) is 7.91. The first kappa shape index (κ1) is 24.3. The van der Waals surface area contributed by atoms with E-state index in [1.807, 2.05) is 95.2 Å². The molecule has 3 aromatic carbocycles. The monoisotopic (exact) mass is 494 g/mol. The van der Waals surface area contributed by atoms with Crippen molar-refractivity contribution < 1.29 is 14.7 Å². The lowest BCUT2D eigenvalue weighted by molar-refractivity contribution is -0.132. The van der Waals surface area contributed by atoms with Gasteiger partial charge in [0.1, 0.15) is 5.76 Å². The summed E-state index contributed by atoms with van der Waals surface area (Å²) in [6.45, 7) is 7.94. The van der Waals surface area contributed by atoms with Crippen molar-refractivity contribution in [3.63, 3.8) is 0 Å². The first-order valence-electron chi connectivity index (χ1n) is 12.2. The number of carbonyl (C=O) groups excluding carboxylic acids is 2. The molecule has 4 aromatic rings. The Labute approximate surface area is 216 Å². The number of fused-ring (bicyclic) bond motifs is 1. The lowest BCUT2D eigenvalue weighted by Gasteiger charge is -2.24. The second-order valence-corrected chi connectivity index (χ2v) is 9.97. The number of aryl methyl sites for hydroxylation is 4. The zero-order valence-electron chi connectivity index (χ0n) is 21.9. The molecule has 0 radical (unpaired) electrons. The van der Waals surface area contributed by atoms with E-state index in [1.54, 1.807) is 6.07 Å². The van der Waals surface area contributed by atoms with Gasteiger partial charge in [0.2, 0.25) is 5.95 Å². The molecule has 1 aliphatic rings. The Morgan fingerprint density at radius 3 is 2.19 bits per heavy atom. The van der Waals surface area contributed by atoms with E-state index in [-0.39, 0.29) is 17.3 Å². The molecule has 0 saturated carbocycles. The van der Waals surface area contributed by atoms with Crippen LogP contribution < -0.4 is 9.80 Å². The number of anilines is 2. The van der Waals surface area contributed by atoms with Crippen LogP contribution >= 0.6 is 0 Å². The molecule has 0 spiro atoms. The second-order valence-electron chi connectivity index (χ2n) is 9.97. The van der Waals surface area contributed by atoms with Crippen LogP contribution in [-0.4, -0.2) is 40.9 Å². The molecule has 7 heteroatoms. The topological polar surface area (TPSA) is 89.5 Å². The van der Waals surface area contributed by atoms with Crippen molar-refractivity contribution >= 4 is 40.1 Å². The van der Waals surface area contributed by atoms with E-state index >= 15 is 0 Å². The highest BCUT2D eigenvalue weighted by molar-refractivity contribution is 6.51. The van der Waals surface area contributed by atoms with Gasteiger partial charge in [-0.1, -0.05) is 24.3 Å². The van der Waals surface area contributed by atoms with Gasteiger partial charge in [-0.05, 0) is 85.8 Å². The van der Waals surface area contributed by atoms with E-state index < -0.39 is 17.7 Å². The fourth-order valence-electron chi connectivity index (χ4n) is 4.74. The number of rotatable bonds is 4. The first-order chi connectivity index (χ1) is 17.6. The fourth-order valence-corrected chi connectivity index (χ4v) is 4.74. The quantitative estimate of drug-likeness (QED) is 0.223. The highest BCUT2D eigenvalue weighted by Crippen LogP contribution is 2.42. The van der Waals surface area contributed by atoms with Crippen LogP contribution in [0.4, 0.5) is 11.6 Å². The normalized spacial score (nSPS) is 17.1. The molecular weight excluding hydrogens is 464 g/mol. The molecular formula is C30H30N4O3. The number of imidazole rings is 1. The Bertz CT molecular complexity index is 1560. The van der Waals surface area contributed by atoms with Crippen molar-refractivity contribution in [1.82, 2.24) is 9.97 Å². The highest BCUT2D eigenvalue weighted by Gasteiger charge is 2.48. The Morgan fingerprint density at radius 1 is 0.892 bits per heavy atom. The Morgan fingerprint density at radius 2 is 1.54 bits per heavy atom. The largest absolute Gasteiger partial charge is 0.507 e. The molecule has 7 nitrogen and oxygen atoms in total. The van der Waals surface area contributed by atoms with Crippen molar-refractivity contribution in [1.29, 1.82) is 0 Å². The number of amides is 1. The number of nitrogens with one attached hydrogen (secondary N) is 1. The maximum atomic E-state index is 13.5. The second kappa shape index (κ2) is 8.92. The maximum absolute atomic E-state index is 13.5. The summed E-state index contributed by atoms with van der Waals surface area (Å²) in [4.78, 5) is 38.2. The van der Waals surface area contributed by atoms with Crippen LogP contribution in [0.5, 0.6) is 0 Å². The highest BCUT2D eigenvalue weighted by atomic mass is 16.3. The smallest absolute Gasteiger partial charge is 0.302 e. The van der Waals surface area contributed by atoms with Gasteiger partial charge in [-0.2, -0.15) is 0 Å². The third kappa shape index (κ3) is 4.06. The van der Waals surface area contributed by atoms with E-state index in [1.165, 1.54) is 4.90 Å². The van der Waals surface area contributed by atoms with Crippen molar-refractivity contribution in [3.05, 3.63) is 93.6 Å².